The Morgan fingerprint density at radius 3 is 2.38 bits per heavy atom. The minimum absolute atomic E-state index is 0.109. The van der Waals surface area contributed by atoms with E-state index in [1.54, 1.807) is 72.8 Å². The average Bonchev–Trinajstić information content (AvgIpc) is 3.11. The molecular formula is C23H14ClNO4. The van der Waals surface area contributed by atoms with Crippen molar-refractivity contribution in [3.05, 3.63) is 106 Å². The Labute approximate surface area is 171 Å². The summed E-state index contributed by atoms with van der Waals surface area (Å²) in [6.07, 6.45) is 1.53. The molecule has 0 bridgehead atoms. The maximum Gasteiger partial charge on any atom is 0.363 e. The van der Waals surface area contributed by atoms with E-state index in [0.717, 1.165) is 0 Å². The largest absolute Gasteiger partial charge is 0.422 e. The van der Waals surface area contributed by atoms with Gasteiger partial charge >= 0.3 is 11.9 Å². The SMILES string of the molecule is O=C1OC(c2ccc(Cl)cc2)=N/C1=C\c1ccccc1OC(=O)c1ccccc1. The Morgan fingerprint density at radius 1 is 0.931 bits per heavy atom. The molecule has 1 aliphatic rings. The molecule has 0 fully saturated rings. The number of cyclic esters (lactones) is 1. The molecule has 6 heteroatoms. The Kier molecular flexibility index (Phi) is 5.22. The first kappa shape index (κ1) is 18.7. The topological polar surface area (TPSA) is 65.0 Å². The zero-order chi connectivity index (χ0) is 20.2. The molecule has 0 aliphatic carbocycles. The lowest BCUT2D eigenvalue weighted by Gasteiger charge is -2.07. The summed E-state index contributed by atoms with van der Waals surface area (Å²) < 4.78 is 10.8. The standard InChI is InChI=1S/C23H14ClNO4/c24-18-12-10-15(11-13-18)21-25-19(23(27)29-21)14-17-8-4-5-9-20(17)28-22(26)16-6-2-1-3-7-16/h1-14H/b19-14-. The van der Waals surface area contributed by atoms with Crippen LogP contribution in [0.1, 0.15) is 21.5 Å². The molecule has 0 saturated heterocycles. The summed E-state index contributed by atoms with van der Waals surface area (Å²) in [7, 11) is 0. The van der Waals surface area contributed by atoms with E-state index >= 15 is 0 Å². The first-order valence-electron chi connectivity index (χ1n) is 8.75. The molecule has 4 rings (SSSR count). The van der Waals surface area contributed by atoms with Crippen molar-refractivity contribution < 1.29 is 19.1 Å². The van der Waals surface area contributed by atoms with Gasteiger partial charge in [0.25, 0.3) is 0 Å². The summed E-state index contributed by atoms with van der Waals surface area (Å²) in [5, 5.41) is 0.573. The van der Waals surface area contributed by atoms with E-state index < -0.39 is 11.9 Å². The Hall–Kier alpha value is -3.70. The molecule has 0 N–H and O–H groups in total. The van der Waals surface area contributed by atoms with Gasteiger partial charge in [-0.25, -0.2) is 14.6 Å². The van der Waals surface area contributed by atoms with Crippen molar-refractivity contribution in [3.63, 3.8) is 0 Å². The molecule has 0 atom stereocenters. The summed E-state index contributed by atoms with van der Waals surface area (Å²) in [5.41, 5.74) is 1.70. The molecule has 1 heterocycles. The lowest BCUT2D eigenvalue weighted by atomic mass is 10.1. The van der Waals surface area contributed by atoms with Crippen LogP contribution in [-0.4, -0.2) is 17.8 Å². The van der Waals surface area contributed by atoms with Gasteiger partial charge in [0.15, 0.2) is 5.70 Å². The molecule has 3 aromatic carbocycles. The summed E-state index contributed by atoms with van der Waals surface area (Å²) in [5.74, 6) is -0.566. The maximum atomic E-state index is 12.4. The quantitative estimate of drug-likeness (QED) is 0.353. The van der Waals surface area contributed by atoms with Crippen molar-refractivity contribution in [2.75, 3.05) is 0 Å². The average molecular weight is 404 g/mol. The van der Waals surface area contributed by atoms with Crippen LogP contribution in [-0.2, 0) is 9.53 Å². The summed E-state index contributed by atoms with van der Waals surface area (Å²) >= 11 is 5.89. The van der Waals surface area contributed by atoms with Gasteiger partial charge in [0.1, 0.15) is 5.75 Å². The summed E-state index contributed by atoms with van der Waals surface area (Å²) in [6.45, 7) is 0. The van der Waals surface area contributed by atoms with Gasteiger partial charge in [0, 0.05) is 16.1 Å². The highest BCUT2D eigenvalue weighted by Gasteiger charge is 2.24. The first-order valence-corrected chi connectivity index (χ1v) is 9.13. The molecule has 29 heavy (non-hydrogen) atoms. The highest BCUT2D eigenvalue weighted by molar-refractivity contribution is 6.30. The highest BCUT2D eigenvalue weighted by atomic mass is 35.5. The fourth-order valence-corrected chi connectivity index (χ4v) is 2.82. The summed E-state index contributed by atoms with van der Waals surface area (Å²) in [6, 6.07) is 22.4. The predicted molar refractivity (Wildman–Crippen MR) is 110 cm³/mol. The molecule has 0 amide bonds. The number of carbonyl (C=O) groups excluding carboxylic acids is 2. The van der Waals surface area contributed by atoms with Gasteiger partial charge in [-0.15, -0.1) is 0 Å². The van der Waals surface area contributed by atoms with Crippen LogP contribution in [0.15, 0.2) is 89.6 Å². The van der Waals surface area contributed by atoms with Gasteiger partial charge in [-0.1, -0.05) is 48.0 Å². The molecule has 5 nitrogen and oxygen atoms in total. The lowest BCUT2D eigenvalue weighted by Crippen LogP contribution is -2.09. The minimum atomic E-state index is -0.584. The number of nitrogens with zero attached hydrogens (tertiary/aromatic N) is 1. The van der Waals surface area contributed by atoms with Gasteiger partial charge in [0.05, 0.1) is 5.56 Å². The first-order chi connectivity index (χ1) is 14.1. The van der Waals surface area contributed by atoms with Gasteiger partial charge in [-0.3, -0.25) is 0 Å². The van der Waals surface area contributed by atoms with Crippen LogP contribution >= 0.6 is 11.6 Å². The van der Waals surface area contributed by atoms with Crippen molar-refractivity contribution in [3.8, 4) is 5.75 Å². The van der Waals surface area contributed by atoms with Crippen LogP contribution in [0.3, 0.4) is 0 Å². The molecular weight excluding hydrogens is 390 g/mol. The number of aliphatic imine (C=N–C) groups is 1. The van der Waals surface area contributed by atoms with Crippen molar-refractivity contribution in [2.45, 2.75) is 0 Å². The third-order valence-corrected chi connectivity index (χ3v) is 4.39. The Morgan fingerprint density at radius 2 is 1.62 bits per heavy atom. The lowest BCUT2D eigenvalue weighted by molar-refractivity contribution is -0.129. The van der Waals surface area contributed by atoms with Gasteiger partial charge in [-0.2, -0.15) is 0 Å². The van der Waals surface area contributed by atoms with E-state index in [9.17, 15) is 9.59 Å². The van der Waals surface area contributed by atoms with Gasteiger partial charge in [-0.05, 0) is 48.5 Å². The molecule has 0 saturated carbocycles. The second-order valence-corrected chi connectivity index (χ2v) is 6.57. The van der Waals surface area contributed by atoms with Crippen LogP contribution in [0.5, 0.6) is 5.75 Å². The number of halogens is 1. The van der Waals surface area contributed by atoms with Crippen LogP contribution in [0.25, 0.3) is 6.08 Å². The van der Waals surface area contributed by atoms with E-state index in [1.165, 1.54) is 6.08 Å². The van der Waals surface area contributed by atoms with E-state index in [2.05, 4.69) is 4.99 Å². The number of esters is 2. The molecule has 3 aromatic rings. The van der Waals surface area contributed by atoms with Crippen LogP contribution in [0.4, 0.5) is 0 Å². The molecule has 0 spiro atoms. The third-order valence-electron chi connectivity index (χ3n) is 4.14. The minimum Gasteiger partial charge on any atom is -0.422 e. The Bertz CT molecular complexity index is 1140. The van der Waals surface area contributed by atoms with Crippen molar-refractivity contribution in [2.24, 2.45) is 4.99 Å². The summed E-state index contributed by atoms with van der Waals surface area (Å²) in [4.78, 5) is 28.9. The van der Waals surface area contributed by atoms with Gasteiger partial charge in [0.2, 0.25) is 5.90 Å². The zero-order valence-corrected chi connectivity index (χ0v) is 15.8. The number of carbonyl (C=O) groups is 2. The van der Waals surface area contributed by atoms with Crippen molar-refractivity contribution in [1.29, 1.82) is 0 Å². The normalized spacial score (nSPS) is 14.4. The van der Waals surface area contributed by atoms with E-state index in [4.69, 9.17) is 21.1 Å². The number of rotatable bonds is 4. The number of hydrogen-bond donors (Lipinski definition) is 0. The van der Waals surface area contributed by atoms with E-state index in [0.29, 0.717) is 27.5 Å². The zero-order valence-electron chi connectivity index (χ0n) is 15.0. The maximum absolute atomic E-state index is 12.4. The fourth-order valence-electron chi connectivity index (χ4n) is 2.70. The molecule has 0 aromatic heterocycles. The van der Waals surface area contributed by atoms with E-state index in [1.807, 2.05) is 6.07 Å². The van der Waals surface area contributed by atoms with Crippen LogP contribution < -0.4 is 4.74 Å². The number of para-hydroxylation sites is 1. The second-order valence-electron chi connectivity index (χ2n) is 6.14. The molecule has 0 unspecified atom stereocenters. The molecule has 1 aliphatic heterocycles. The predicted octanol–water partition coefficient (Wildman–Crippen LogP) is 4.90. The number of hydrogen-bond acceptors (Lipinski definition) is 5. The monoisotopic (exact) mass is 403 g/mol. The second kappa shape index (κ2) is 8.12. The highest BCUT2D eigenvalue weighted by Crippen LogP contribution is 2.25. The number of benzene rings is 3. The molecule has 142 valence electrons. The van der Waals surface area contributed by atoms with Gasteiger partial charge < -0.3 is 9.47 Å². The van der Waals surface area contributed by atoms with Crippen LogP contribution in [0, 0.1) is 0 Å². The fraction of sp³-hybridized carbons (Fsp3) is 0. The van der Waals surface area contributed by atoms with Crippen molar-refractivity contribution >= 4 is 35.5 Å². The van der Waals surface area contributed by atoms with E-state index in [-0.39, 0.29) is 11.6 Å². The number of ether oxygens (including phenoxy) is 2. The smallest absolute Gasteiger partial charge is 0.363 e. The molecule has 0 radical (unpaired) electrons. The van der Waals surface area contributed by atoms with Crippen molar-refractivity contribution in [1.82, 2.24) is 0 Å². The Balaban J connectivity index is 1.62. The van der Waals surface area contributed by atoms with Crippen LogP contribution in [0.2, 0.25) is 5.02 Å². The third kappa shape index (κ3) is 4.25.